The molecule has 0 radical (unpaired) electrons. The Hall–Kier alpha value is -1.64. The number of aliphatic hydroxyl groups excluding tert-OH is 1. The minimum atomic E-state index is 0.0645. The average Bonchev–Trinajstić information content (AvgIpc) is 2.82. The Labute approximate surface area is 100 Å². The van der Waals surface area contributed by atoms with Gasteiger partial charge in [-0.3, -0.25) is 0 Å². The van der Waals surface area contributed by atoms with E-state index in [2.05, 4.69) is 9.88 Å². The second-order valence-corrected chi connectivity index (χ2v) is 4.10. The molecule has 0 amide bonds. The van der Waals surface area contributed by atoms with Crippen molar-refractivity contribution in [2.45, 2.75) is 18.6 Å². The van der Waals surface area contributed by atoms with Crippen molar-refractivity contribution in [1.29, 1.82) is 5.26 Å². The van der Waals surface area contributed by atoms with Crippen molar-refractivity contribution in [2.75, 3.05) is 25.2 Å². The summed E-state index contributed by atoms with van der Waals surface area (Å²) in [7, 11) is 1.68. The summed E-state index contributed by atoms with van der Waals surface area (Å²) in [6.07, 6.45) is 2.62. The first kappa shape index (κ1) is 11.8. The van der Waals surface area contributed by atoms with E-state index in [1.54, 1.807) is 19.4 Å². The largest absolute Gasteiger partial charge is 0.394 e. The molecule has 2 rings (SSSR count). The lowest BCUT2D eigenvalue weighted by Crippen LogP contribution is -2.32. The Morgan fingerprint density at radius 1 is 1.65 bits per heavy atom. The van der Waals surface area contributed by atoms with Gasteiger partial charge in [0.15, 0.2) is 0 Å². The van der Waals surface area contributed by atoms with E-state index in [0.29, 0.717) is 5.69 Å². The molecule has 0 unspecified atom stereocenters. The third-order valence-electron chi connectivity index (χ3n) is 3.11. The highest BCUT2D eigenvalue weighted by Crippen LogP contribution is 2.26. The fraction of sp³-hybridized carbons (Fsp3) is 0.500. The summed E-state index contributed by atoms with van der Waals surface area (Å²) in [5.41, 5.74) is 1.32. The molecular weight excluding hydrogens is 218 g/mol. The van der Waals surface area contributed by atoms with Crippen LogP contribution in [0.3, 0.4) is 0 Å². The molecular formula is C12H15N3O2. The van der Waals surface area contributed by atoms with Gasteiger partial charge >= 0.3 is 0 Å². The van der Waals surface area contributed by atoms with Crippen LogP contribution in [0.25, 0.3) is 0 Å². The van der Waals surface area contributed by atoms with Crippen LogP contribution in [0.1, 0.15) is 12.1 Å². The van der Waals surface area contributed by atoms with E-state index in [4.69, 9.17) is 10.00 Å². The van der Waals surface area contributed by atoms with Gasteiger partial charge < -0.3 is 14.7 Å². The number of anilines is 1. The van der Waals surface area contributed by atoms with Gasteiger partial charge in [0.05, 0.1) is 30.6 Å². The van der Waals surface area contributed by atoms with Crippen LogP contribution in [0.4, 0.5) is 5.69 Å². The van der Waals surface area contributed by atoms with E-state index in [1.165, 1.54) is 0 Å². The predicted molar refractivity (Wildman–Crippen MR) is 62.6 cm³/mol. The van der Waals surface area contributed by atoms with Gasteiger partial charge in [0.2, 0.25) is 0 Å². The van der Waals surface area contributed by atoms with Gasteiger partial charge in [0.1, 0.15) is 11.8 Å². The van der Waals surface area contributed by atoms with Crippen molar-refractivity contribution in [1.82, 2.24) is 4.98 Å². The van der Waals surface area contributed by atoms with E-state index >= 15 is 0 Å². The fourth-order valence-electron chi connectivity index (χ4n) is 2.16. The number of nitriles is 1. The lowest BCUT2D eigenvalue weighted by molar-refractivity contribution is 0.115. The molecule has 1 N–H and O–H groups in total. The van der Waals surface area contributed by atoms with Gasteiger partial charge in [-0.05, 0) is 18.6 Å². The van der Waals surface area contributed by atoms with Crippen molar-refractivity contribution in [2.24, 2.45) is 0 Å². The predicted octanol–water partition coefficient (Wildman–Crippen LogP) is 0.539. The first-order valence-corrected chi connectivity index (χ1v) is 5.55. The Bertz CT molecular complexity index is 413. The Morgan fingerprint density at radius 3 is 3.00 bits per heavy atom. The zero-order valence-corrected chi connectivity index (χ0v) is 9.71. The van der Waals surface area contributed by atoms with Crippen molar-refractivity contribution in [3.63, 3.8) is 0 Å². The molecule has 17 heavy (non-hydrogen) atoms. The summed E-state index contributed by atoms with van der Waals surface area (Å²) >= 11 is 0. The molecule has 2 heterocycles. The normalized spacial score (nSPS) is 23.7. The second-order valence-electron chi connectivity index (χ2n) is 4.10. The highest BCUT2D eigenvalue weighted by Gasteiger charge is 2.31. The molecule has 1 fully saturated rings. The van der Waals surface area contributed by atoms with Gasteiger partial charge in [0, 0.05) is 13.7 Å². The third kappa shape index (κ3) is 2.38. The zero-order valence-electron chi connectivity index (χ0n) is 9.71. The number of ether oxygens (including phenoxy) is 1. The van der Waals surface area contributed by atoms with Gasteiger partial charge in [-0.15, -0.1) is 0 Å². The Kier molecular flexibility index (Phi) is 3.57. The standard InChI is InChI=1S/C12H15N3O2/c1-17-12-4-11(8-16)15(7-12)10-3-2-9(5-13)14-6-10/h2-3,6,11-12,16H,4,7-8H2,1H3/t11-,12+/m0/s1. The molecule has 1 aliphatic rings. The first-order chi connectivity index (χ1) is 8.28. The van der Waals surface area contributed by atoms with Crippen LogP contribution in [-0.2, 0) is 4.74 Å². The van der Waals surface area contributed by atoms with Crippen LogP contribution in [0.5, 0.6) is 0 Å². The third-order valence-corrected chi connectivity index (χ3v) is 3.11. The van der Waals surface area contributed by atoms with Gasteiger partial charge in [-0.1, -0.05) is 0 Å². The zero-order chi connectivity index (χ0) is 12.3. The van der Waals surface area contributed by atoms with Crippen LogP contribution in [0, 0.1) is 11.3 Å². The minimum absolute atomic E-state index is 0.0645. The minimum Gasteiger partial charge on any atom is -0.394 e. The molecule has 1 saturated heterocycles. The Morgan fingerprint density at radius 2 is 2.47 bits per heavy atom. The summed E-state index contributed by atoms with van der Waals surface area (Å²) in [6.45, 7) is 0.842. The molecule has 0 spiro atoms. The number of pyridine rings is 1. The number of aliphatic hydroxyl groups is 1. The summed E-state index contributed by atoms with van der Waals surface area (Å²) < 4.78 is 5.31. The van der Waals surface area contributed by atoms with Crippen LogP contribution in [0.2, 0.25) is 0 Å². The van der Waals surface area contributed by atoms with Gasteiger partial charge in [-0.25, -0.2) is 4.98 Å². The summed E-state index contributed by atoms with van der Waals surface area (Å²) in [5.74, 6) is 0. The summed E-state index contributed by atoms with van der Waals surface area (Å²) in [6, 6.07) is 5.59. The molecule has 0 saturated carbocycles. The summed E-state index contributed by atoms with van der Waals surface area (Å²) in [5, 5.41) is 18.0. The van der Waals surface area contributed by atoms with Gasteiger partial charge in [0.25, 0.3) is 0 Å². The number of hydrogen-bond donors (Lipinski definition) is 1. The van der Waals surface area contributed by atoms with E-state index in [1.807, 2.05) is 12.1 Å². The number of aromatic nitrogens is 1. The molecule has 90 valence electrons. The van der Waals surface area contributed by atoms with E-state index in [-0.39, 0.29) is 18.8 Å². The van der Waals surface area contributed by atoms with Crippen molar-refractivity contribution in [3.05, 3.63) is 24.0 Å². The SMILES string of the molecule is CO[C@@H]1C[C@@H](CO)N(c2ccc(C#N)nc2)C1. The number of rotatable bonds is 3. The highest BCUT2D eigenvalue weighted by molar-refractivity contribution is 5.48. The maximum atomic E-state index is 9.34. The molecule has 1 aliphatic heterocycles. The summed E-state index contributed by atoms with van der Waals surface area (Å²) in [4.78, 5) is 6.11. The van der Waals surface area contributed by atoms with E-state index in [9.17, 15) is 5.11 Å². The molecule has 0 aromatic carbocycles. The quantitative estimate of drug-likeness (QED) is 0.825. The monoisotopic (exact) mass is 233 g/mol. The van der Waals surface area contributed by atoms with Crippen LogP contribution >= 0.6 is 0 Å². The van der Waals surface area contributed by atoms with Crippen molar-refractivity contribution >= 4 is 5.69 Å². The topological polar surface area (TPSA) is 69.4 Å². The van der Waals surface area contributed by atoms with E-state index in [0.717, 1.165) is 18.7 Å². The lowest BCUT2D eigenvalue weighted by atomic mass is 10.2. The van der Waals surface area contributed by atoms with Crippen LogP contribution in [-0.4, -0.2) is 42.5 Å². The van der Waals surface area contributed by atoms with Crippen molar-refractivity contribution in [3.8, 4) is 6.07 Å². The molecule has 1 aromatic rings. The number of methoxy groups -OCH3 is 1. The molecule has 1 aromatic heterocycles. The highest BCUT2D eigenvalue weighted by atomic mass is 16.5. The second kappa shape index (κ2) is 5.13. The van der Waals surface area contributed by atoms with Gasteiger partial charge in [-0.2, -0.15) is 5.26 Å². The maximum absolute atomic E-state index is 9.34. The number of nitrogens with zero attached hydrogens (tertiary/aromatic N) is 3. The average molecular weight is 233 g/mol. The molecule has 2 atom stereocenters. The molecule has 0 bridgehead atoms. The van der Waals surface area contributed by atoms with E-state index < -0.39 is 0 Å². The first-order valence-electron chi connectivity index (χ1n) is 5.55. The maximum Gasteiger partial charge on any atom is 0.140 e. The number of hydrogen-bond acceptors (Lipinski definition) is 5. The smallest absolute Gasteiger partial charge is 0.140 e. The molecule has 5 heteroatoms. The fourth-order valence-corrected chi connectivity index (χ4v) is 2.16. The van der Waals surface area contributed by atoms with Crippen molar-refractivity contribution < 1.29 is 9.84 Å². The molecule has 0 aliphatic carbocycles. The molecule has 5 nitrogen and oxygen atoms in total. The van der Waals surface area contributed by atoms with Crippen LogP contribution in [0.15, 0.2) is 18.3 Å². The van der Waals surface area contributed by atoms with Crippen LogP contribution < -0.4 is 4.90 Å². The lowest BCUT2D eigenvalue weighted by Gasteiger charge is -2.24. The Balaban J connectivity index is 2.17.